The van der Waals surface area contributed by atoms with E-state index < -0.39 is 0 Å². The molecule has 15 heavy (non-hydrogen) atoms. The Balaban J connectivity index is 2.20. The Morgan fingerprint density at radius 3 is 3.20 bits per heavy atom. The Morgan fingerprint density at radius 1 is 1.67 bits per heavy atom. The molecule has 0 fully saturated rings. The zero-order valence-corrected chi connectivity index (χ0v) is 8.42. The van der Waals surface area contributed by atoms with E-state index in [9.17, 15) is 9.18 Å². The molecule has 3 nitrogen and oxygen atoms in total. The first kappa shape index (κ1) is 9.96. The molecule has 4 heteroatoms. The number of carbonyl (C=O) groups excluding carboxylic acids is 1. The molecule has 0 aliphatic carbocycles. The average molecular weight is 209 g/mol. The third kappa shape index (κ3) is 1.93. The molecule has 1 unspecified atom stereocenters. The van der Waals surface area contributed by atoms with Crippen LogP contribution in [0.5, 0.6) is 5.75 Å². The predicted molar refractivity (Wildman–Crippen MR) is 53.1 cm³/mol. The lowest BCUT2D eigenvalue weighted by Crippen LogP contribution is -2.28. The van der Waals surface area contributed by atoms with Gasteiger partial charge in [0.1, 0.15) is 18.2 Å². The van der Waals surface area contributed by atoms with Crippen LogP contribution in [0.3, 0.4) is 0 Å². The molecule has 0 saturated carbocycles. The van der Waals surface area contributed by atoms with Gasteiger partial charge in [-0.05, 0) is 18.2 Å². The Kier molecular flexibility index (Phi) is 2.58. The van der Waals surface area contributed by atoms with Crippen LogP contribution in [0.1, 0.15) is 24.9 Å². The number of nitrogens with one attached hydrogen (secondary N) is 1. The predicted octanol–water partition coefficient (Wildman–Crippen LogP) is 1.79. The van der Waals surface area contributed by atoms with Crippen molar-refractivity contribution in [2.75, 3.05) is 6.61 Å². The molecule has 1 aromatic rings. The number of halogens is 1. The fourth-order valence-electron chi connectivity index (χ4n) is 1.60. The fourth-order valence-corrected chi connectivity index (χ4v) is 1.60. The summed E-state index contributed by atoms with van der Waals surface area (Å²) in [6.07, 6.45) is 0.418. The van der Waals surface area contributed by atoms with Crippen molar-refractivity contribution in [3.05, 3.63) is 29.6 Å². The maximum absolute atomic E-state index is 13.0. The van der Waals surface area contributed by atoms with Crippen molar-refractivity contribution in [3.8, 4) is 5.75 Å². The van der Waals surface area contributed by atoms with Gasteiger partial charge in [-0.2, -0.15) is 0 Å². The molecule has 0 spiro atoms. The van der Waals surface area contributed by atoms with Gasteiger partial charge in [-0.1, -0.05) is 6.92 Å². The second kappa shape index (κ2) is 3.88. The minimum absolute atomic E-state index is 0.0549. The minimum Gasteiger partial charge on any atom is -0.491 e. The third-order valence-corrected chi connectivity index (χ3v) is 2.41. The number of carbonyl (C=O) groups is 1. The molecular weight excluding hydrogens is 197 g/mol. The van der Waals surface area contributed by atoms with Gasteiger partial charge in [0.05, 0.1) is 6.04 Å². The van der Waals surface area contributed by atoms with Crippen LogP contribution >= 0.6 is 0 Å². The van der Waals surface area contributed by atoms with Crippen molar-refractivity contribution in [3.63, 3.8) is 0 Å². The summed E-state index contributed by atoms with van der Waals surface area (Å²) in [6, 6.07) is 4.12. The van der Waals surface area contributed by atoms with Gasteiger partial charge in [-0.3, -0.25) is 4.79 Å². The van der Waals surface area contributed by atoms with Crippen molar-refractivity contribution in [2.45, 2.75) is 19.4 Å². The summed E-state index contributed by atoms with van der Waals surface area (Å²) in [5.74, 6) is 0.286. The Morgan fingerprint density at radius 2 is 2.47 bits per heavy atom. The van der Waals surface area contributed by atoms with E-state index in [1.165, 1.54) is 12.1 Å². The van der Waals surface area contributed by atoms with Crippen LogP contribution in [0.2, 0.25) is 0 Å². The van der Waals surface area contributed by atoms with E-state index in [1.54, 1.807) is 13.0 Å². The van der Waals surface area contributed by atoms with Gasteiger partial charge >= 0.3 is 0 Å². The van der Waals surface area contributed by atoms with Crippen LogP contribution < -0.4 is 10.1 Å². The zero-order valence-electron chi connectivity index (χ0n) is 8.42. The Bertz CT molecular complexity index is 392. The number of fused-ring (bicyclic) bond motifs is 1. The number of amides is 1. The van der Waals surface area contributed by atoms with Gasteiger partial charge in [-0.25, -0.2) is 4.39 Å². The Hall–Kier alpha value is -1.58. The summed E-state index contributed by atoms with van der Waals surface area (Å²) in [6.45, 7) is 2.15. The summed E-state index contributed by atoms with van der Waals surface area (Å²) >= 11 is 0. The fraction of sp³-hybridized carbons (Fsp3) is 0.364. The maximum Gasteiger partial charge on any atom is 0.220 e. The lowest BCUT2D eigenvalue weighted by molar-refractivity contribution is -0.121. The highest BCUT2D eigenvalue weighted by atomic mass is 19.1. The summed E-state index contributed by atoms with van der Waals surface area (Å²) in [5, 5.41) is 2.78. The molecule has 1 atom stereocenters. The largest absolute Gasteiger partial charge is 0.491 e. The molecule has 1 aliphatic rings. The van der Waals surface area contributed by atoms with E-state index in [0.717, 1.165) is 5.56 Å². The number of hydrogen-bond donors (Lipinski definition) is 1. The van der Waals surface area contributed by atoms with Gasteiger partial charge in [-0.15, -0.1) is 0 Å². The van der Waals surface area contributed by atoms with Gasteiger partial charge in [0.2, 0.25) is 5.91 Å². The molecule has 1 heterocycles. The van der Waals surface area contributed by atoms with Gasteiger partial charge in [0.25, 0.3) is 0 Å². The maximum atomic E-state index is 13.0. The quantitative estimate of drug-likeness (QED) is 0.806. The minimum atomic E-state index is -0.310. The molecule has 1 aromatic carbocycles. The van der Waals surface area contributed by atoms with Crippen LogP contribution in [-0.4, -0.2) is 12.5 Å². The molecule has 1 N–H and O–H groups in total. The highest BCUT2D eigenvalue weighted by Crippen LogP contribution is 2.32. The van der Waals surface area contributed by atoms with Crippen molar-refractivity contribution in [1.29, 1.82) is 0 Å². The smallest absolute Gasteiger partial charge is 0.220 e. The number of rotatable bonds is 2. The van der Waals surface area contributed by atoms with Crippen molar-refractivity contribution >= 4 is 5.91 Å². The van der Waals surface area contributed by atoms with Crippen molar-refractivity contribution in [1.82, 2.24) is 5.32 Å². The number of ether oxygens (including phenoxy) is 1. The van der Waals surface area contributed by atoms with Crippen molar-refractivity contribution < 1.29 is 13.9 Å². The second-order valence-corrected chi connectivity index (χ2v) is 3.47. The summed E-state index contributed by atoms with van der Waals surface area (Å²) in [4.78, 5) is 11.2. The second-order valence-electron chi connectivity index (χ2n) is 3.47. The highest BCUT2D eigenvalue weighted by molar-refractivity contribution is 5.76. The molecule has 1 aliphatic heterocycles. The third-order valence-electron chi connectivity index (χ3n) is 2.41. The van der Waals surface area contributed by atoms with Crippen LogP contribution in [0.4, 0.5) is 4.39 Å². The van der Waals surface area contributed by atoms with E-state index in [0.29, 0.717) is 18.8 Å². The molecule has 0 radical (unpaired) electrons. The molecule has 1 amide bonds. The van der Waals surface area contributed by atoms with Gasteiger partial charge < -0.3 is 10.1 Å². The highest BCUT2D eigenvalue weighted by Gasteiger charge is 2.25. The summed E-state index contributed by atoms with van der Waals surface area (Å²) in [7, 11) is 0. The zero-order chi connectivity index (χ0) is 10.8. The first-order chi connectivity index (χ1) is 7.20. The molecule has 80 valence electrons. The topological polar surface area (TPSA) is 38.3 Å². The van der Waals surface area contributed by atoms with Crippen LogP contribution in [0, 0.1) is 5.82 Å². The van der Waals surface area contributed by atoms with Crippen LogP contribution in [0.15, 0.2) is 18.2 Å². The number of hydrogen-bond acceptors (Lipinski definition) is 2. The molecular formula is C11H12FNO2. The lowest BCUT2D eigenvalue weighted by Gasteiger charge is -2.10. The van der Waals surface area contributed by atoms with E-state index >= 15 is 0 Å². The van der Waals surface area contributed by atoms with Crippen LogP contribution in [-0.2, 0) is 4.79 Å². The van der Waals surface area contributed by atoms with Gasteiger partial charge in [0.15, 0.2) is 0 Å². The van der Waals surface area contributed by atoms with Crippen LogP contribution in [0.25, 0.3) is 0 Å². The van der Waals surface area contributed by atoms with Crippen molar-refractivity contribution in [2.24, 2.45) is 0 Å². The molecule has 0 saturated heterocycles. The van der Waals surface area contributed by atoms with E-state index in [4.69, 9.17) is 4.74 Å². The monoisotopic (exact) mass is 209 g/mol. The first-order valence-corrected chi connectivity index (χ1v) is 4.92. The Labute approximate surface area is 87.2 Å². The summed E-state index contributed by atoms with van der Waals surface area (Å²) < 4.78 is 18.3. The molecule has 2 rings (SSSR count). The summed E-state index contributed by atoms with van der Waals surface area (Å²) in [5.41, 5.74) is 0.719. The SMILES string of the molecule is CCC(=O)NC1COc2ccc(F)cc21. The number of benzene rings is 1. The molecule has 0 bridgehead atoms. The van der Waals surface area contributed by atoms with E-state index in [1.807, 2.05) is 0 Å². The first-order valence-electron chi connectivity index (χ1n) is 4.92. The normalized spacial score (nSPS) is 18.1. The molecule has 0 aromatic heterocycles. The van der Waals surface area contributed by atoms with E-state index in [-0.39, 0.29) is 17.8 Å². The average Bonchev–Trinajstić information content (AvgIpc) is 2.61. The van der Waals surface area contributed by atoms with E-state index in [2.05, 4.69) is 5.32 Å². The van der Waals surface area contributed by atoms with Gasteiger partial charge in [0, 0.05) is 12.0 Å². The standard InChI is InChI=1S/C11H12FNO2/c1-2-11(14)13-9-6-15-10-4-3-7(12)5-8(9)10/h3-5,9H,2,6H2,1H3,(H,13,14). The lowest BCUT2D eigenvalue weighted by atomic mass is 10.1.